The van der Waals surface area contributed by atoms with Crippen LogP contribution in [0.25, 0.3) is 11.4 Å². The van der Waals surface area contributed by atoms with Gasteiger partial charge >= 0.3 is 0 Å². The van der Waals surface area contributed by atoms with Gasteiger partial charge in [-0.3, -0.25) is 9.52 Å². The molecule has 0 aliphatic rings. The molecular weight excluding hydrogens is 452 g/mol. The Hall–Kier alpha value is -3.98. The number of nitrogens with zero attached hydrogens (tertiary/aromatic N) is 2. The Balaban J connectivity index is 1.40. The number of sulfonamides is 1. The molecule has 1 heterocycles. The first-order valence-corrected chi connectivity index (χ1v) is 12.0. The fraction of sp³-hybridized carbons (Fsp3) is 0.160. The second kappa shape index (κ2) is 9.11. The maximum Gasteiger partial charge on any atom is 0.261 e. The summed E-state index contributed by atoms with van der Waals surface area (Å²) < 4.78 is 32.7. The average molecular weight is 477 g/mol. The van der Waals surface area contributed by atoms with Crippen LogP contribution < -0.4 is 10.0 Å². The Morgan fingerprint density at radius 1 is 0.853 bits per heavy atom. The van der Waals surface area contributed by atoms with Crippen LogP contribution in [0.5, 0.6) is 0 Å². The van der Waals surface area contributed by atoms with Crippen molar-refractivity contribution < 1.29 is 17.7 Å². The molecule has 0 aliphatic carbocycles. The molecule has 9 heteroatoms. The van der Waals surface area contributed by atoms with Gasteiger partial charge in [0.1, 0.15) is 0 Å². The van der Waals surface area contributed by atoms with Crippen molar-refractivity contribution in [2.45, 2.75) is 31.1 Å². The minimum absolute atomic E-state index is 0.163. The molecule has 1 amide bonds. The van der Waals surface area contributed by atoms with Crippen molar-refractivity contribution in [3.63, 3.8) is 0 Å². The normalized spacial score (nSPS) is 11.7. The highest BCUT2D eigenvalue weighted by molar-refractivity contribution is 7.92. The number of hydrogen-bond donors (Lipinski definition) is 2. The quantitative estimate of drug-likeness (QED) is 0.401. The van der Waals surface area contributed by atoms with Crippen LogP contribution in [0.1, 0.15) is 37.0 Å². The maximum absolute atomic E-state index is 12.6. The zero-order valence-electron chi connectivity index (χ0n) is 18.9. The van der Waals surface area contributed by atoms with Crippen LogP contribution in [0.15, 0.2) is 88.3 Å². The predicted octanol–water partition coefficient (Wildman–Crippen LogP) is 5.09. The van der Waals surface area contributed by atoms with E-state index in [1.54, 1.807) is 66.7 Å². The zero-order chi connectivity index (χ0) is 24.3. The van der Waals surface area contributed by atoms with Gasteiger partial charge in [0.25, 0.3) is 15.9 Å². The fourth-order valence-electron chi connectivity index (χ4n) is 3.05. The molecule has 0 radical (unpaired) electrons. The Bertz CT molecular complexity index is 1390. The van der Waals surface area contributed by atoms with Crippen molar-refractivity contribution in [2.75, 3.05) is 10.0 Å². The molecule has 0 aliphatic heterocycles. The second-order valence-electron chi connectivity index (χ2n) is 8.70. The summed E-state index contributed by atoms with van der Waals surface area (Å²) in [5.74, 6) is 0.713. The molecule has 0 atom stereocenters. The summed E-state index contributed by atoms with van der Waals surface area (Å²) in [6.07, 6.45) is 0. The van der Waals surface area contributed by atoms with Gasteiger partial charge in [-0.25, -0.2) is 8.42 Å². The Morgan fingerprint density at radius 2 is 1.47 bits per heavy atom. The summed E-state index contributed by atoms with van der Waals surface area (Å²) in [5, 5.41) is 6.84. The molecule has 0 spiro atoms. The van der Waals surface area contributed by atoms with Gasteiger partial charge in [0.05, 0.1) is 4.90 Å². The average Bonchev–Trinajstić information content (AvgIpc) is 3.31. The molecule has 2 N–H and O–H groups in total. The lowest BCUT2D eigenvalue weighted by Crippen LogP contribution is -2.14. The number of aromatic nitrogens is 2. The molecule has 0 fully saturated rings. The summed E-state index contributed by atoms with van der Waals surface area (Å²) in [6, 6.07) is 21.4. The highest BCUT2D eigenvalue weighted by Gasteiger charge is 2.22. The predicted molar refractivity (Wildman–Crippen MR) is 130 cm³/mol. The molecule has 0 bridgehead atoms. The zero-order valence-corrected chi connectivity index (χ0v) is 19.8. The topological polar surface area (TPSA) is 114 Å². The van der Waals surface area contributed by atoms with Gasteiger partial charge in [-0.2, -0.15) is 4.98 Å². The third-order valence-corrected chi connectivity index (χ3v) is 6.32. The van der Waals surface area contributed by atoms with Crippen molar-refractivity contribution in [2.24, 2.45) is 0 Å². The van der Waals surface area contributed by atoms with Gasteiger partial charge in [-0.15, -0.1) is 0 Å². The van der Waals surface area contributed by atoms with Gasteiger partial charge in [0, 0.05) is 27.9 Å². The minimum Gasteiger partial charge on any atom is -0.338 e. The van der Waals surface area contributed by atoms with Crippen LogP contribution in [0.2, 0.25) is 0 Å². The Kier molecular flexibility index (Phi) is 6.21. The van der Waals surface area contributed by atoms with Gasteiger partial charge in [0.2, 0.25) is 11.7 Å². The molecule has 8 nitrogen and oxygen atoms in total. The van der Waals surface area contributed by atoms with Crippen LogP contribution in [0.3, 0.4) is 0 Å². The number of nitrogens with one attached hydrogen (secondary N) is 2. The molecule has 34 heavy (non-hydrogen) atoms. The molecule has 0 saturated carbocycles. The first-order valence-electron chi connectivity index (χ1n) is 10.6. The van der Waals surface area contributed by atoms with Crippen LogP contribution in [0, 0.1) is 0 Å². The highest BCUT2D eigenvalue weighted by Crippen LogP contribution is 2.25. The number of benzene rings is 3. The summed E-state index contributed by atoms with van der Waals surface area (Å²) in [5.41, 5.74) is 1.88. The van der Waals surface area contributed by atoms with Crippen LogP contribution in [-0.4, -0.2) is 24.5 Å². The number of carbonyl (C=O) groups is 1. The number of anilines is 2. The first-order chi connectivity index (χ1) is 16.1. The van der Waals surface area contributed by atoms with Gasteiger partial charge in [-0.05, 0) is 60.7 Å². The van der Waals surface area contributed by atoms with Crippen molar-refractivity contribution in [3.05, 3.63) is 90.3 Å². The molecule has 174 valence electrons. The van der Waals surface area contributed by atoms with E-state index < -0.39 is 10.0 Å². The monoisotopic (exact) mass is 476 g/mol. The van der Waals surface area contributed by atoms with Gasteiger partial charge in [0.15, 0.2) is 0 Å². The largest absolute Gasteiger partial charge is 0.338 e. The van der Waals surface area contributed by atoms with E-state index in [9.17, 15) is 13.2 Å². The lowest BCUT2D eigenvalue weighted by Gasteiger charge is -2.10. The summed E-state index contributed by atoms with van der Waals surface area (Å²) in [7, 11) is -3.70. The highest BCUT2D eigenvalue weighted by atomic mass is 32.2. The lowest BCUT2D eigenvalue weighted by molar-refractivity contribution is 0.102. The fourth-order valence-corrected chi connectivity index (χ4v) is 4.13. The van der Waals surface area contributed by atoms with E-state index in [0.29, 0.717) is 28.7 Å². The van der Waals surface area contributed by atoms with Crippen molar-refractivity contribution in [3.8, 4) is 11.4 Å². The summed E-state index contributed by atoms with van der Waals surface area (Å²) >= 11 is 0. The minimum atomic E-state index is -3.70. The van der Waals surface area contributed by atoms with Crippen LogP contribution >= 0.6 is 0 Å². The first kappa shape index (κ1) is 23.2. The third-order valence-electron chi connectivity index (χ3n) is 4.92. The van der Waals surface area contributed by atoms with E-state index in [4.69, 9.17) is 4.52 Å². The summed E-state index contributed by atoms with van der Waals surface area (Å²) in [4.78, 5) is 17.2. The molecular formula is C25H24N4O4S. The van der Waals surface area contributed by atoms with E-state index in [2.05, 4.69) is 20.2 Å². The molecule has 1 aromatic heterocycles. The Labute approximate surface area is 198 Å². The standard InChI is InChI=1S/C25H24N4O4S/c1-25(2,3)24-27-22(28-33-24)17-9-13-19(14-10-17)26-23(30)18-11-15-20(16-12-18)29-34(31,32)21-7-5-4-6-8-21/h4-16,29H,1-3H3,(H,26,30). The van der Waals surface area contributed by atoms with E-state index in [1.165, 1.54) is 12.1 Å². The Morgan fingerprint density at radius 3 is 2.06 bits per heavy atom. The number of carbonyl (C=O) groups excluding carboxylic acids is 1. The molecule has 0 unspecified atom stereocenters. The van der Waals surface area contributed by atoms with E-state index in [-0.39, 0.29) is 16.2 Å². The van der Waals surface area contributed by atoms with E-state index in [1.807, 2.05) is 20.8 Å². The van der Waals surface area contributed by atoms with E-state index >= 15 is 0 Å². The van der Waals surface area contributed by atoms with Crippen molar-refractivity contribution in [1.82, 2.24) is 10.1 Å². The lowest BCUT2D eigenvalue weighted by atomic mass is 9.97. The maximum atomic E-state index is 12.6. The SMILES string of the molecule is CC(C)(C)c1nc(-c2ccc(NC(=O)c3ccc(NS(=O)(=O)c4ccccc4)cc3)cc2)no1. The van der Waals surface area contributed by atoms with Gasteiger partial charge in [-0.1, -0.05) is 44.1 Å². The van der Waals surface area contributed by atoms with Crippen molar-refractivity contribution >= 4 is 27.3 Å². The van der Waals surface area contributed by atoms with Crippen LogP contribution in [0.4, 0.5) is 11.4 Å². The molecule has 4 aromatic rings. The third kappa shape index (κ3) is 5.32. The van der Waals surface area contributed by atoms with Gasteiger partial charge < -0.3 is 9.84 Å². The second-order valence-corrected chi connectivity index (χ2v) is 10.4. The van der Waals surface area contributed by atoms with Crippen molar-refractivity contribution in [1.29, 1.82) is 0 Å². The smallest absolute Gasteiger partial charge is 0.261 e. The number of rotatable bonds is 6. The summed E-state index contributed by atoms with van der Waals surface area (Å²) in [6.45, 7) is 5.98. The van der Waals surface area contributed by atoms with E-state index in [0.717, 1.165) is 5.56 Å². The number of amides is 1. The molecule has 3 aromatic carbocycles. The van der Waals surface area contributed by atoms with Crippen LogP contribution in [-0.2, 0) is 15.4 Å². The molecule has 4 rings (SSSR count). The molecule has 0 saturated heterocycles. The number of hydrogen-bond acceptors (Lipinski definition) is 6.